The monoisotopic (exact) mass is 251 g/mol. The summed E-state index contributed by atoms with van der Waals surface area (Å²) in [6.45, 7) is 0. The summed E-state index contributed by atoms with van der Waals surface area (Å²) in [6.07, 6.45) is 2.81. The van der Waals surface area contributed by atoms with E-state index in [0.717, 1.165) is 10.0 Å². The molecule has 0 aliphatic carbocycles. The number of hydrogen-bond donors (Lipinski definition) is 0. The lowest BCUT2D eigenvalue weighted by Crippen LogP contribution is -1.82. The predicted octanol–water partition coefficient (Wildman–Crippen LogP) is 3.30. The molecule has 0 N–H and O–H groups in total. The molecular weight excluding hydrogens is 246 g/mol. The van der Waals surface area contributed by atoms with Gasteiger partial charge < -0.3 is 0 Å². The Balaban J connectivity index is 2.73. The molecule has 4 nitrogen and oxygen atoms in total. The molecular formula is C9H6BrN3O. The molecule has 0 heterocycles. The van der Waals surface area contributed by atoms with E-state index in [2.05, 4.69) is 26.0 Å². The van der Waals surface area contributed by atoms with Crippen molar-refractivity contribution in [1.29, 1.82) is 0 Å². The summed E-state index contributed by atoms with van der Waals surface area (Å²) >= 11 is 3.29. The number of rotatable bonds is 2. The van der Waals surface area contributed by atoms with Gasteiger partial charge in [0.1, 0.15) is 0 Å². The number of carbonyl (C=O) groups is 1. The van der Waals surface area contributed by atoms with E-state index < -0.39 is 5.91 Å². The molecule has 1 amide bonds. The van der Waals surface area contributed by atoms with Crippen LogP contribution in [0.5, 0.6) is 0 Å². The number of benzene rings is 1. The van der Waals surface area contributed by atoms with E-state index in [4.69, 9.17) is 5.53 Å². The van der Waals surface area contributed by atoms with Gasteiger partial charge in [0.2, 0.25) is 5.91 Å². The average molecular weight is 252 g/mol. The van der Waals surface area contributed by atoms with Gasteiger partial charge in [0.25, 0.3) is 0 Å². The van der Waals surface area contributed by atoms with E-state index >= 15 is 0 Å². The van der Waals surface area contributed by atoms with Gasteiger partial charge in [-0.1, -0.05) is 34.1 Å². The summed E-state index contributed by atoms with van der Waals surface area (Å²) in [4.78, 5) is 13.1. The van der Waals surface area contributed by atoms with Crippen molar-refractivity contribution in [3.63, 3.8) is 0 Å². The number of nitrogens with zero attached hydrogens (tertiary/aromatic N) is 3. The van der Waals surface area contributed by atoms with E-state index in [1.54, 1.807) is 6.08 Å². The minimum Gasteiger partial charge on any atom is -0.288 e. The second kappa shape index (κ2) is 5.21. The van der Waals surface area contributed by atoms with Crippen molar-refractivity contribution in [2.45, 2.75) is 0 Å². The number of amides is 1. The van der Waals surface area contributed by atoms with Gasteiger partial charge in [-0.25, -0.2) is 0 Å². The van der Waals surface area contributed by atoms with Crippen LogP contribution in [0, 0.1) is 0 Å². The minimum absolute atomic E-state index is 0.601. The molecule has 0 aliphatic rings. The van der Waals surface area contributed by atoms with E-state index in [-0.39, 0.29) is 0 Å². The van der Waals surface area contributed by atoms with Crippen LogP contribution in [0.1, 0.15) is 5.56 Å². The van der Waals surface area contributed by atoms with Gasteiger partial charge in [-0.15, -0.1) is 0 Å². The van der Waals surface area contributed by atoms with Crippen LogP contribution < -0.4 is 0 Å². The first-order valence-corrected chi connectivity index (χ1v) is 4.54. The van der Waals surface area contributed by atoms with Crippen LogP contribution in [-0.2, 0) is 4.79 Å². The van der Waals surface area contributed by atoms with E-state index in [0.29, 0.717) is 0 Å². The smallest absolute Gasteiger partial charge is 0.242 e. The minimum atomic E-state index is -0.601. The summed E-state index contributed by atoms with van der Waals surface area (Å²) in [5.41, 5.74) is 8.84. The maximum atomic E-state index is 10.8. The molecule has 0 fully saturated rings. The zero-order chi connectivity index (χ0) is 10.4. The molecule has 0 bridgehead atoms. The van der Waals surface area contributed by atoms with Crippen molar-refractivity contribution < 1.29 is 4.79 Å². The molecule has 5 heteroatoms. The molecule has 70 valence electrons. The molecule has 0 radical (unpaired) electrons. The Morgan fingerprint density at radius 2 is 2.07 bits per heavy atom. The topological polar surface area (TPSA) is 65.8 Å². The van der Waals surface area contributed by atoms with E-state index in [9.17, 15) is 4.79 Å². The highest BCUT2D eigenvalue weighted by atomic mass is 79.9. The highest BCUT2D eigenvalue weighted by Crippen LogP contribution is 2.11. The van der Waals surface area contributed by atoms with Gasteiger partial charge >= 0.3 is 0 Å². The van der Waals surface area contributed by atoms with Crippen molar-refractivity contribution in [2.75, 3.05) is 0 Å². The molecule has 0 spiro atoms. The van der Waals surface area contributed by atoms with Gasteiger partial charge in [0.15, 0.2) is 0 Å². The predicted molar refractivity (Wildman–Crippen MR) is 57.3 cm³/mol. The summed E-state index contributed by atoms with van der Waals surface area (Å²) in [5.74, 6) is -0.601. The summed E-state index contributed by atoms with van der Waals surface area (Å²) < 4.78 is 0.969. The molecule has 0 saturated heterocycles. The van der Waals surface area contributed by atoms with Crippen molar-refractivity contribution in [3.05, 3.63) is 50.8 Å². The highest BCUT2D eigenvalue weighted by Gasteiger charge is 1.90. The first-order valence-electron chi connectivity index (χ1n) is 3.75. The van der Waals surface area contributed by atoms with Gasteiger partial charge in [0, 0.05) is 9.38 Å². The maximum absolute atomic E-state index is 10.8. The zero-order valence-electron chi connectivity index (χ0n) is 7.09. The number of carbonyl (C=O) groups excluding carboxylic acids is 1. The Kier molecular flexibility index (Phi) is 3.91. The van der Waals surface area contributed by atoms with E-state index in [1.165, 1.54) is 6.08 Å². The van der Waals surface area contributed by atoms with Crippen LogP contribution in [0.25, 0.3) is 16.5 Å². The lowest BCUT2D eigenvalue weighted by atomic mass is 10.2. The summed E-state index contributed by atoms with van der Waals surface area (Å²) in [5, 5.41) is 2.90. The van der Waals surface area contributed by atoms with Crippen LogP contribution in [0.15, 0.2) is 39.9 Å². The van der Waals surface area contributed by atoms with E-state index in [1.807, 2.05) is 24.3 Å². The number of halogens is 1. The maximum Gasteiger partial charge on any atom is 0.242 e. The normalized spacial score (nSPS) is 9.79. The number of hydrogen-bond acceptors (Lipinski definition) is 1. The molecule has 0 aliphatic heterocycles. The van der Waals surface area contributed by atoms with Gasteiger partial charge in [-0.05, 0) is 34.4 Å². The van der Waals surface area contributed by atoms with Crippen molar-refractivity contribution >= 4 is 27.9 Å². The largest absolute Gasteiger partial charge is 0.288 e. The SMILES string of the molecule is [N-]=[N+]=NC(=O)/C=C\c1ccc(Br)cc1. The molecule has 1 aromatic rings. The first kappa shape index (κ1) is 10.5. The third-order valence-corrected chi connectivity index (χ3v) is 1.96. The summed E-state index contributed by atoms with van der Waals surface area (Å²) in [7, 11) is 0. The Hall–Kier alpha value is -1.58. The molecule has 0 atom stereocenters. The Bertz CT molecular complexity index is 405. The zero-order valence-corrected chi connectivity index (χ0v) is 8.68. The molecule has 0 saturated carbocycles. The Labute approximate surface area is 89.0 Å². The van der Waals surface area contributed by atoms with Crippen LogP contribution in [0.4, 0.5) is 0 Å². The highest BCUT2D eigenvalue weighted by molar-refractivity contribution is 9.10. The van der Waals surface area contributed by atoms with Crippen LogP contribution in [-0.4, -0.2) is 5.91 Å². The second-order valence-corrected chi connectivity index (χ2v) is 3.33. The van der Waals surface area contributed by atoms with Crippen molar-refractivity contribution in [1.82, 2.24) is 0 Å². The molecule has 0 unspecified atom stereocenters. The fraction of sp³-hybridized carbons (Fsp3) is 0. The van der Waals surface area contributed by atoms with Crippen LogP contribution >= 0.6 is 15.9 Å². The second-order valence-electron chi connectivity index (χ2n) is 2.41. The number of azide groups is 1. The van der Waals surface area contributed by atoms with Gasteiger partial charge in [-0.3, -0.25) is 4.79 Å². The third kappa shape index (κ3) is 3.43. The molecule has 14 heavy (non-hydrogen) atoms. The fourth-order valence-electron chi connectivity index (χ4n) is 0.819. The lowest BCUT2D eigenvalue weighted by Gasteiger charge is -1.91. The van der Waals surface area contributed by atoms with Crippen molar-refractivity contribution in [2.24, 2.45) is 5.11 Å². The Morgan fingerprint density at radius 1 is 1.43 bits per heavy atom. The third-order valence-electron chi connectivity index (χ3n) is 1.43. The van der Waals surface area contributed by atoms with Crippen LogP contribution in [0.3, 0.4) is 0 Å². The van der Waals surface area contributed by atoms with Gasteiger partial charge in [-0.2, -0.15) is 0 Å². The fourth-order valence-corrected chi connectivity index (χ4v) is 1.08. The molecule has 1 aromatic carbocycles. The summed E-state index contributed by atoms with van der Waals surface area (Å²) in [6, 6.07) is 7.39. The van der Waals surface area contributed by atoms with Crippen molar-refractivity contribution in [3.8, 4) is 0 Å². The molecule has 0 aromatic heterocycles. The quantitative estimate of drug-likeness (QED) is 0.344. The standard InChI is InChI=1S/C9H6BrN3O/c10-8-4-1-7(2-5-8)3-6-9(14)12-13-11/h1-6H/b6-3-. The van der Waals surface area contributed by atoms with Crippen LogP contribution in [0.2, 0.25) is 0 Å². The molecule has 1 rings (SSSR count). The average Bonchev–Trinajstić information content (AvgIpc) is 2.17. The Morgan fingerprint density at radius 3 is 2.64 bits per heavy atom. The van der Waals surface area contributed by atoms with Gasteiger partial charge in [0.05, 0.1) is 0 Å². The first-order chi connectivity index (χ1) is 6.72. The lowest BCUT2D eigenvalue weighted by molar-refractivity contribution is -0.113.